The SMILES string of the molecule is COc1ccc(C2COC(=O)N2C(C)C)cc1. The highest BCUT2D eigenvalue weighted by atomic mass is 16.6. The number of amides is 1. The molecular formula is C13H17NO3. The smallest absolute Gasteiger partial charge is 0.410 e. The van der Waals surface area contributed by atoms with Gasteiger partial charge in [0.05, 0.1) is 13.2 Å². The second kappa shape index (κ2) is 4.65. The van der Waals surface area contributed by atoms with Crippen LogP contribution in [0.1, 0.15) is 25.5 Å². The van der Waals surface area contributed by atoms with Gasteiger partial charge in [-0.2, -0.15) is 0 Å². The van der Waals surface area contributed by atoms with Gasteiger partial charge in [0.2, 0.25) is 0 Å². The number of carbonyl (C=O) groups excluding carboxylic acids is 1. The summed E-state index contributed by atoms with van der Waals surface area (Å²) in [7, 11) is 1.64. The molecule has 1 heterocycles. The van der Waals surface area contributed by atoms with Crippen LogP contribution in [0.4, 0.5) is 4.79 Å². The van der Waals surface area contributed by atoms with Crippen LogP contribution < -0.4 is 4.74 Å². The summed E-state index contributed by atoms with van der Waals surface area (Å²) in [4.78, 5) is 13.4. The fourth-order valence-electron chi connectivity index (χ4n) is 2.09. The molecule has 1 aliphatic heterocycles. The van der Waals surface area contributed by atoms with E-state index < -0.39 is 0 Å². The molecule has 2 rings (SSSR count). The molecule has 1 amide bonds. The summed E-state index contributed by atoms with van der Waals surface area (Å²) in [6, 6.07) is 7.89. The van der Waals surface area contributed by atoms with Crippen molar-refractivity contribution < 1.29 is 14.3 Å². The third kappa shape index (κ3) is 2.20. The normalized spacial score (nSPS) is 19.6. The maximum absolute atomic E-state index is 11.6. The molecule has 4 heteroatoms. The first kappa shape index (κ1) is 11.8. The Bertz CT molecular complexity index is 400. The standard InChI is InChI=1S/C13H17NO3/c1-9(2)14-12(8-17-13(14)15)10-4-6-11(16-3)7-5-10/h4-7,9,12H,8H2,1-3H3. The molecule has 0 aliphatic carbocycles. The van der Waals surface area contributed by atoms with Crippen molar-refractivity contribution in [3.63, 3.8) is 0 Å². The van der Waals surface area contributed by atoms with Crippen LogP contribution in [-0.2, 0) is 4.74 Å². The van der Waals surface area contributed by atoms with Crippen LogP contribution in [0.2, 0.25) is 0 Å². The van der Waals surface area contributed by atoms with Gasteiger partial charge in [-0.15, -0.1) is 0 Å². The monoisotopic (exact) mass is 235 g/mol. The van der Waals surface area contributed by atoms with Gasteiger partial charge in [-0.25, -0.2) is 4.79 Å². The number of hydrogen-bond donors (Lipinski definition) is 0. The Balaban J connectivity index is 2.23. The Morgan fingerprint density at radius 3 is 2.53 bits per heavy atom. The van der Waals surface area contributed by atoms with E-state index in [1.807, 2.05) is 38.1 Å². The van der Waals surface area contributed by atoms with Gasteiger partial charge in [-0.3, -0.25) is 4.90 Å². The van der Waals surface area contributed by atoms with Crippen molar-refractivity contribution in [1.82, 2.24) is 4.90 Å². The summed E-state index contributed by atoms with van der Waals surface area (Å²) in [5.74, 6) is 0.815. The van der Waals surface area contributed by atoms with E-state index in [9.17, 15) is 4.79 Å². The average Bonchev–Trinajstić information content (AvgIpc) is 2.71. The van der Waals surface area contributed by atoms with E-state index in [-0.39, 0.29) is 18.2 Å². The number of benzene rings is 1. The number of methoxy groups -OCH3 is 1. The van der Waals surface area contributed by atoms with Crippen molar-refractivity contribution in [2.45, 2.75) is 25.9 Å². The molecule has 17 heavy (non-hydrogen) atoms. The molecule has 0 aromatic heterocycles. The van der Waals surface area contributed by atoms with Gasteiger partial charge >= 0.3 is 6.09 Å². The highest BCUT2D eigenvalue weighted by molar-refractivity contribution is 5.71. The summed E-state index contributed by atoms with van der Waals surface area (Å²) >= 11 is 0. The van der Waals surface area contributed by atoms with Gasteiger partial charge in [0, 0.05) is 6.04 Å². The van der Waals surface area contributed by atoms with Crippen molar-refractivity contribution in [2.24, 2.45) is 0 Å². The highest BCUT2D eigenvalue weighted by Gasteiger charge is 2.35. The molecule has 0 radical (unpaired) electrons. The van der Waals surface area contributed by atoms with E-state index in [1.54, 1.807) is 12.0 Å². The molecule has 0 spiro atoms. The molecule has 1 atom stereocenters. The topological polar surface area (TPSA) is 38.8 Å². The molecule has 0 saturated carbocycles. The Kier molecular flexibility index (Phi) is 3.22. The molecule has 4 nitrogen and oxygen atoms in total. The number of hydrogen-bond acceptors (Lipinski definition) is 3. The van der Waals surface area contributed by atoms with Crippen LogP contribution >= 0.6 is 0 Å². The molecule has 92 valence electrons. The molecule has 1 fully saturated rings. The number of cyclic esters (lactones) is 1. The van der Waals surface area contributed by atoms with Gasteiger partial charge in [-0.1, -0.05) is 12.1 Å². The Hall–Kier alpha value is -1.71. The third-order valence-corrected chi connectivity index (χ3v) is 2.97. The first-order valence-corrected chi connectivity index (χ1v) is 5.72. The van der Waals surface area contributed by atoms with E-state index in [1.165, 1.54) is 0 Å². The maximum Gasteiger partial charge on any atom is 0.410 e. The van der Waals surface area contributed by atoms with Crippen molar-refractivity contribution in [1.29, 1.82) is 0 Å². The molecule has 1 unspecified atom stereocenters. The molecule has 1 aromatic carbocycles. The zero-order chi connectivity index (χ0) is 12.4. The van der Waals surface area contributed by atoms with Gasteiger partial charge < -0.3 is 9.47 Å². The largest absolute Gasteiger partial charge is 0.497 e. The molecule has 1 saturated heterocycles. The first-order chi connectivity index (χ1) is 8.13. The minimum Gasteiger partial charge on any atom is -0.497 e. The number of ether oxygens (including phenoxy) is 2. The summed E-state index contributed by atoms with van der Waals surface area (Å²) in [6.07, 6.45) is -0.235. The zero-order valence-corrected chi connectivity index (χ0v) is 10.3. The predicted molar refractivity (Wildman–Crippen MR) is 64.1 cm³/mol. The lowest BCUT2D eigenvalue weighted by Crippen LogP contribution is -2.33. The minimum absolute atomic E-state index is 0.00778. The van der Waals surface area contributed by atoms with Crippen LogP contribution in [0, 0.1) is 0 Å². The summed E-state index contributed by atoms with van der Waals surface area (Å²) in [5.41, 5.74) is 1.07. The maximum atomic E-state index is 11.6. The fourth-order valence-corrected chi connectivity index (χ4v) is 2.09. The molecule has 1 aliphatic rings. The van der Waals surface area contributed by atoms with Crippen molar-refractivity contribution in [3.8, 4) is 5.75 Å². The summed E-state index contributed by atoms with van der Waals surface area (Å²) in [6.45, 7) is 4.40. The van der Waals surface area contributed by atoms with Gasteiger partial charge in [-0.05, 0) is 31.5 Å². The summed E-state index contributed by atoms with van der Waals surface area (Å²) in [5, 5.41) is 0. The van der Waals surface area contributed by atoms with E-state index in [0.717, 1.165) is 11.3 Å². The predicted octanol–water partition coefficient (Wildman–Crippen LogP) is 2.60. The molecular weight excluding hydrogens is 218 g/mol. The molecule has 1 aromatic rings. The van der Waals surface area contributed by atoms with Crippen molar-refractivity contribution >= 4 is 6.09 Å². The molecule has 0 N–H and O–H groups in total. The van der Waals surface area contributed by atoms with Crippen LogP contribution in [0.25, 0.3) is 0 Å². The Morgan fingerprint density at radius 2 is 2.00 bits per heavy atom. The Morgan fingerprint density at radius 1 is 1.35 bits per heavy atom. The van der Waals surface area contributed by atoms with E-state index >= 15 is 0 Å². The Labute approximate surface area is 101 Å². The minimum atomic E-state index is -0.235. The lowest BCUT2D eigenvalue weighted by molar-refractivity contribution is 0.149. The zero-order valence-electron chi connectivity index (χ0n) is 10.3. The second-order valence-corrected chi connectivity index (χ2v) is 4.37. The number of nitrogens with zero attached hydrogens (tertiary/aromatic N) is 1. The second-order valence-electron chi connectivity index (χ2n) is 4.37. The van der Waals surface area contributed by atoms with Crippen LogP contribution in [0.5, 0.6) is 5.75 Å². The van der Waals surface area contributed by atoms with Crippen LogP contribution in [-0.4, -0.2) is 30.8 Å². The van der Waals surface area contributed by atoms with Gasteiger partial charge in [0.15, 0.2) is 0 Å². The van der Waals surface area contributed by atoms with E-state index in [0.29, 0.717) is 6.61 Å². The first-order valence-electron chi connectivity index (χ1n) is 5.72. The van der Waals surface area contributed by atoms with E-state index in [4.69, 9.17) is 9.47 Å². The van der Waals surface area contributed by atoms with Crippen LogP contribution in [0.15, 0.2) is 24.3 Å². The number of rotatable bonds is 3. The van der Waals surface area contributed by atoms with Crippen molar-refractivity contribution in [3.05, 3.63) is 29.8 Å². The fraction of sp³-hybridized carbons (Fsp3) is 0.462. The van der Waals surface area contributed by atoms with Crippen molar-refractivity contribution in [2.75, 3.05) is 13.7 Å². The number of carbonyl (C=O) groups is 1. The third-order valence-electron chi connectivity index (χ3n) is 2.97. The molecule has 0 bridgehead atoms. The highest BCUT2D eigenvalue weighted by Crippen LogP contribution is 2.30. The lowest BCUT2D eigenvalue weighted by Gasteiger charge is -2.25. The summed E-state index contributed by atoms with van der Waals surface area (Å²) < 4.78 is 10.2. The van der Waals surface area contributed by atoms with Gasteiger partial charge in [0.25, 0.3) is 0 Å². The lowest BCUT2D eigenvalue weighted by atomic mass is 10.1. The average molecular weight is 235 g/mol. The van der Waals surface area contributed by atoms with Crippen LogP contribution in [0.3, 0.4) is 0 Å². The van der Waals surface area contributed by atoms with E-state index in [2.05, 4.69) is 0 Å². The quantitative estimate of drug-likeness (QED) is 0.808. The van der Waals surface area contributed by atoms with Gasteiger partial charge in [0.1, 0.15) is 12.4 Å².